The molecule has 0 aliphatic carbocycles. The number of primary amides is 1. The first-order valence-electron chi connectivity index (χ1n) is 7.04. The van der Waals surface area contributed by atoms with Gasteiger partial charge in [-0.15, -0.1) is 0 Å². The van der Waals surface area contributed by atoms with E-state index in [2.05, 4.69) is 35.2 Å². The average Bonchev–Trinajstić information content (AvgIpc) is 2.52. The summed E-state index contributed by atoms with van der Waals surface area (Å²) in [7, 11) is 1.76. The molecule has 0 aromatic carbocycles. The fraction of sp³-hybridized carbons (Fsp3) is 0.667. The summed E-state index contributed by atoms with van der Waals surface area (Å²) in [6.45, 7) is 2.46. The summed E-state index contributed by atoms with van der Waals surface area (Å²) < 4.78 is 4.65. The fourth-order valence-corrected chi connectivity index (χ4v) is 2.11. The number of nitrogens with zero attached hydrogens (tertiary/aromatic N) is 4. The molecule has 1 aromatic heterocycles. The zero-order valence-corrected chi connectivity index (χ0v) is 12.1. The van der Waals surface area contributed by atoms with Gasteiger partial charge in [-0.05, 0) is 19.3 Å². The number of ether oxygens (including phenoxy) is 1. The van der Waals surface area contributed by atoms with Gasteiger partial charge in [0, 0.05) is 20.1 Å². The van der Waals surface area contributed by atoms with Crippen LogP contribution in [0.5, 0.6) is 0 Å². The van der Waals surface area contributed by atoms with Crippen LogP contribution in [0.4, 0.5) is 22.6 Å². The van der Waals surface area contributed by atoms with Crippen LogP contribution in [0, 0.1) is 0 Å². The van der Waals surface area contributed by atoms with Crippen molar-refractivity contribution in [1.29, 1.82) is 0 Å². The topological polar surface area (TPSA) is 118 Å². The van der Waals surface area contributed by atoms with Crippen LogP contribution in [0.3, 0.4) is 0 Å². The predicted octanol–water partition coefficient (Wildman–Crippen LogP) is 0.411. The van der Waals surface area contributed by atoms with E-state index in [0.29, 0.717) is 24.4 Å². The summed E-state index contributed by atoms with van der Waals surface area (Å²) in [5, 5.41) is 5.91. The quantitative estimate of drug-likeness (QED) is 0.646. The highest BCUT2D eigenvalue weighted by molar-refractivity contribution is 5.64. The zero-order chi connectivity index (χ0) is 15.1. The van der Waals surface area contributed by atoms with Crippen molar-refractivity contribution in [2.45, 2.75) is 19.3 Å². The molecule has 0 bridgehead atoms. The molecule has 9 nitrogen and oxygen atoms in total. The molecule has 116 valence electrons. The fourth-order valence-electron chi connectivity index (χ4n) is 2.11. The van der Waals surface area contributed by atoms with E-state index < -0.39 is 6.09 Å². The Bertz CT molecular complexity index is 477. The molecule has 4 N–H and O–H groups in total. The van der Waals surface area contributed by atoms with Crippen LogP contribution in [-0.4, -0.2) is 54.3 Å². The van der Waals surface area contributed by atoms with Gasteiger partial charge in [0.05, 0.1) is 6.54 Å². The van der Waals surface area contributed by atoms with E-state index in [9.17, 15) is 4.79 Å². The lowest BCUT2D eigenvalue weighted by molar-refractivity contribution is 0.161. The van der Waals surface area contributed by atoms with Gasteiger partial charge in [0.1, 0.15) is 6.61 Å². The van der Waals surface area contributed by atoms with Crippen LogP contribution in [0.2, 0.25) is 0 Å². The van der Waals surface area contributed by atoms with E-state index in [4.69, 9.17) is 5.73 Å². The molecule has 9 heteroatoms. The average molecular weight is 295 g/mol. The third kappa shape index (κ3) is 4.62. The monoisotopic (exact) mass is 295 g/mol. The first-order chi connectivity index (χ1) is 10.2. The molecule has 0 spiro atoms. The Kier molecular flexibility index (Phi) is 5.35. The molecular formula is C12H21N7O2. The van der Waals surface area contributed by atoms with Crippen molar-refractivity contribution in [3.8, 4) is 0 Å². The van der Waals surface area contributed by atoms with Gasteiger partial charge in [-0.3, -0.25) is 0 Å². The van der Waals surface area contributed by atoms with Crippen LogP contribution in [0.1, 0.15) is 19.3 Å². The van der Waals surface area contributed by atoms with Gasteiger partial charge >= 0.3 is 6.09 Å². The minimum Gasteiger partial charge on any atom is -0.448 e. The van der Waals surface area contributed by atoms with E-state index in [0.717, 1.165) is 25.9 Å². The zero-order valence-electron chi connectivity index (χ0n) is 12.1. The Labute approximate surface area is 123 Å². The van der Waals surface area contributed by atoms with Gasteiger partial charge in [0.2, 0.25) is 17.8 Å². The van der Waals surface area contributed by atoms with Crippen molar-refractivity contribution < 1.29 is 9.53 Å². The molecule has 0 radical (unpaired) electrons. The normalized spacial score (nSPS) is 14.6. The molecule has 21 heavy (non-hydrogen) atoms. The van der Waals surface area contributed by atoms with Gasteiger partial charge in [-0.2, -0.15) is 15.0 Å². The maximum absolute atomic E-state index is 10.5. The second-order valence-corrected chi connectivity index (χ2v) is 4.67. The molecule has 2 heterocycles. The molecule has 0 atom stereocenters. The minimum atomic E-state index is -0.794. The summed E-state index contributed by atoms with van der Waals surface area (Å²) >= 11 is 0. The van der Waals surface area contributed by atoms with Crippen molar-refractivity contribution in [2.75, 3.05) is 48.8 Å². The maximum atomic E-state index is 10.5. The summed E-state index contributed by atoms with van der Waals surface area (Å²) in [4.78, 5) is 25.6. The Morgan fingerprint density at radius 2 is 1.95 bits per heavy atom. The number of hydrogen-bond donors (Lipinski definition) is 3. The number of anilines is 3. The van der Waals surface area contributed by atoms with Crippen LogP contribution in [-0.2, 0) is 4.74 Å². The standard InChI is InChI=1S/C12H21N7O2/c1-14-10-16-11(15-5-8-21-9(13)20)18-12(17-10)19-6-3-2-4-7-19/h2-8H2,1H3,(H2,13,20)(H2,14,15,16,17,18). The van der Waals surface area contributed by atoms with Gasteiger partial charge in [-0.25, -0.2) is 4.79 Å². The number of nitrogens with two attached hydrogens (primary N) is 1. The van der Waals surface area contributed by atoms with E-state index in [1.54, 1.807) is 7.05 Å². The summed E-state index contributed by atoms with van der Waals surface area (Å²) in [6.07, 6.45) is 2.75. The summed E-state index contributed by atoms with van der Waals surface area (Å²) in [6, 6.07) is 0. The third-order valence-corrected chi connectivity index (χ3v) is 3.12. The number of aromatic nitrogens is 3. The smallest absolute Gasteiger partial charge is 0.404 e. The molecule has 0 unspecified atom stereocenters. The van der Waals surface area contributed by atoms with Crippen LogP contribution >= 0.6 is 0 Å². The van der Waals surface area contributed by atoms with Gasteiger partial charge in [0.15, 0.2) is 0 Å². The van der Waals surface area contributed by atoms with Crippen molar-refractivity contribution >= 4 is 23.9 Å². The molecule has 1 saturated heterocycles. The number of nitrogens with one attached hydrogen (secondary N) is 2. The number of carbonyl (C=O) groups is 1. The molecule has 2 rings (SSSR count). The SMILES string of the molecule is CNc1nc(NCCOC(N)=O)nc(N2CCCCC2)n1. The van der Waals surface area contributed by atoms with Crippen LogP contribution < -0.4 is 21.3 Å². The van der Waals surface area contributed by atoms with E-state index >= 15 is 0 Å². The number of hydrogen-bond acceptors (Lipinski definition) is 8. The van der Waals surface area contributed by atoms with Crippen molar-refractivity contribution in [1.82, 2.24) is 15.0 Å². The van der Waals surface area contributed by atoms with Crippen LogP contribution in [0.15, 0.2) is 0 Å². The summed E-state index contributed by atoms with van der Waals surface area (Å²) in [5.74, 6) is 1.61. The number of amides is 1. The van der Waals surface area contributed by atoms with Gasteiger partial charge in [0.25, 0.3) is 0 Å². The second kappa shape index (κ2) is 7.46. The van der Waals surface area contributed by atoms with Gasteiger partial charge in [-0.1, -0.05) is 0 Å². The number of piperidine rings is 1. The van der Waals surface area contributed by atoms with E-state index in [1.165, 1.54) is 6.42 Å². The molecule has 0 saturated carbocycles. The number of carbonyl (C=O) groups excluding carboxylic acids is 1. The first-order valence-corrected chi connectivity index (χ1v) is 7.04. The molecule has 1 amide bonds. The maximum Gasteiger partial charge on any atom is 0.404 e. The van der Waals surface area contributed by atoms with Crippen molar-refractivity contribution in [3.63, 3.8) is 0 Å². The largest absolute Gasteiger partial charge is 0.448 e. The number of rotatable bonds is 6. The predicted molar refractivity (Wildman–Crippen MR) is 79.5 cm³/mol. The van der Waals surface area contributed by atoms with E-state index in [1.807, 2.05) is 0 Å². The highest BCUT2D eigenvalue weighted by Gasteiger charge is 2.15. The lowest BCUT2D eigenvalue weighted by Crippen LogP contribution is -2.31. The lowest BCUT2D eigenvalue weighted by atomic mass is 10.1. The highest BCUT2D eigenvalue weighted by atomic mass is 16.5. The molecule has 1 aliphatic heterocycles. The second-order valence-electron chi connectivity index (χ2n) is 4.67. The molecule has 1 aliphatic rings. The van der Waals surface area contributed by atoms with E-state index in [-0.39, 0.29) is 6.61 Å². The molecule has 1 fully saturated rings. The van der Waals surface area contributed by atoms with Crippen molar-refractivity contribution in [2.24, 2.45) is 5.73 Å². The summed E-state index contributed by atoms with van der Waals surface area (Å²) in [5.41, 5.74) is 4.89. The first kappa shape index (κ1) is 15.1. The Balaban J connectivity index is 2.00. The lowest BCUT2D eigenvalue weighted by Gasteiger charge is -2.26. The van der Waals surface area contributed by atoms with Crippen LogP contribution in [0.25, 0.3) is 0 Å². The van der Waals surface area contributed by atoms with Gasteiger partial charge < -0.3 is 26.0 Å². The Morgan fingerprint density at radius 3 is 2.62 bits per heavy atom. The highest BCUT2D eigenvalue weighted by Crippen LogP contribution is 2.18. The molecule has 1 aromatic rings. The Hall–Kier alpha value is -2.32. The minimum absolute atomic E-state index is 0.162. The molecular weight excluding hydrogens is 274 g/mol. The Morgan fingerprint density at radius 1 is 1.24 bits per heavy atom. The van der Waals surface area contributed by atoms with Crippen molar-refractivity contribution in [3.05, 3.63) is 0 Å². The third-order valence-electron chi connectivity index (χ3n) is 3.12.